The van der Waals surface area contributed by atoms with E-state index in [2.05, 4.69) is 0 Å². The number of hydrogen-bond acceptors (Lipinski definition) is 10. The second-order valence-corrected chi connectivity index (χ2v) is 5.25. The third kappa shape index (κ3) is 3.35. The molecule has 0 aromatic heterocycles. The Bertz CT molecular complexity index is 346. The molecule has 0 aliphatic carbocycles. The van der Waals surface area contributed by atoms with Crippen LogP contribution in [0.4, 0.5) is 0 Å². The number of aliphatic hydroxyl groups excluding tert-OH is 5. The molecule has 1 unspecified atom stereocenters. The van der Waals surface area contributed by atoms with Gasteiger partial charge >= 0.3 is 0 Å². The molecule has 0 radical (unpaired) electrons. The van der Waals surface area contributed by atoms with E-state index in [4.69, 9.17) is 30.8 Å². The Labute approximate surface area is 120 Å². The van der Waals surface area contributed by atoms with Gasteiger partial charge in [-0.25, -0.2) is 0 Å². The Morgan fingerprint density at radius 1 is 0.857 bits per heavy atom. The Kier molecular flexibility index (Phi) is 5.48. The average Bonchev–Trinajstić information content (AvgIpc) is 2.71. The lowest BCUT2D eigenvalue weighted by molar-refractivity contribution is -0.272. The smallest absolute Gasteiger partial charge is 0.182 e. The van der Waals surface area contributed by atoms with Gasteiger partial charge in [0.05, 0.1) is 25.3 Å². The molecule has 0 saturated carbocycles. The zero-order chi connectivity index (χ0) is 15.7. The molecule has 2 fully saturated rings. The van der Waals surface area contributed by atoms with Gasteiger partial charge in [-0.15, -0.1) is 0 Å². The highest BCUT2D eigenvalue weighted by Crippen LogP contribution is 2.23. The van der Waals surface area contributed by atoms with Gasteiger partial charge in [0, 0.05) is 0 Å². The second-order valence-electron chi connectivity index (χ2n) is 5.25. The van der Waals surface area contributed by atoms with Crippen LogP contribution in [-0.4, -0.2) is 93.9 Å². The normalized spacial score (nSPS) is 51.3. The number of rotatable bonds is 4. The molecule has 2 aliphatic heterocycles. The second kappa shape index (κ2) is 6.79. The van der Waals surface area contributed by atoms with E-state index in [-0.39, 0.29) is 6.61 Å². The summed E-state index contributed by atoms with van der Waals surface area (Å²) < 4.78 is 15.6. The van der Waals surface area contributed by atoms with Crippen LogP contribution in [0.15, 0.2) is 0 Å². The van der Waals surface area contributed by atoms with E-state index >= 15 is 0 Å². The van der Waals surface area contributed by atoms with Crippen molar-refractivity contribution < 1.29 is 39.7 Å². The van der Waals surface area contributed by atoms with Crippen molar-refractivity contribution in [1.29, 1.82) is 0 Å². The Morgan fingerprint density at radius 3 is 2.05 bits per heavy atom. The fourth-order valence-electron chi connectivity index (χ4n) is 2.35. The van der Waals surface area contributed by atoms with Crippen molar-refractivity contribution >= 4 is 0 Å². The monoisotopic (exact) mass is 310 g/mol. The third-order valence-corrected chi connectivity index (χ3v) is 3.78. The van der Waals surface area contributed by atoms with Crippen molar-refractivity contribution in [3.63, 3.8) is 0 Å². The average molecular weight is 310 g/mol. The molecular formula is C11H22N2O8. The largest absolute Gasteiger partial charge is 0.394 e. The van der Waals surface area contributed by atoms with Crippen molar-refractivity contribution in [3.8, 4) is 0 Å². The van der Waals surface area contributed by atoms with Crippen molar-refractivity contribution in [1.82, 2.24) is 0 Å². The molecule has 2 saturated heterocycles. The van der Waals surface area contributed by atoms with Gasteiger partial charge in [0.25, 0.3) is 0 Å². The molecule has 9 atom stereocenters. The highest BCUT2D eigenvalue weighted by molar-refractivity contribution is 4.93. The number of aliphatic hydroxyl groups is 5. The summed E-state index contributed by atoms with van der Waals surface area (Å²) in [6, 6.07) is -1.88. The molecule has 0 aromatic carbocycles. The fraction of sp³-hybridized carbons (Fsp3) is 1.00. The van der Waals surface area contributed by atoms with E-state index in [1.54, 1.807) is 0 Å². The summed E-state index contributed by atoms with van der Waals surface area (Å²) in [5.41, 5.74) is 11.3. The summed E-state index contributed by atoms with van der Waals surface area (Å²) in [6.45, 7) is -0.656. The summed E-state index contributed by atoms with van der Waals surface area (Å²) >= 11 is 0. The van der Waals surface area contributed by atoms with Crippen molar-refractivity contribution in [2.45, 2.75) is 55.2 Å². The number of ether oxygens (including phenoxy) is 3. The summed E-state index contributed by atoms with van der Waals surface area (Å²) in [4.78, 5) is 0. The number of hydrogen-bond donors (Lipinski definition) is 7. The van der Waals surface area contributed by atoms with Crippen LogP contribution < -0.4 is 11.5 Å². The highest BCUT2D eigenvalue weighted by Gasteiger charge is 2.45. The molecule has 21 heavy (non-hydrogen) atoms. The van der Waals surface area contributed by atoms with E-state index in [0.29, 0.717) is 0 Å². The Morgan fingerprint density at radius 2 is 1.52 bits per heavy atom. The van der Waals surface area contributed by atoms with Crippen LogP contribution in [0.5, 0.6) is 0 Å². The lowest BCUT2D eigenvalue weighted by Gasteiger charge is -2.40. The number of nitrogens with two attached hydrogens (primary N) is 2. The summed E-state index contributed by atoms with van der Waals surface area (Å²) in [7, 11) is 0. The zero-order valence-electron chi connectivity index (χ0n) is 11.2. The predicted octanol–water partition coefficient (Wildman–Crippen LogP) is -4.83. The molecule has 0 aromatic rings. The lowest BCUT2D eigenvalue weighted by atomic mass is 9.98. The topological polar surface area (TPSA) is 181 Å². The lowest BCUT2D eigenvalue weighted by Crippen LogP contribution is -2.62. The maximum Gasteiger partial charge on any atom is 0.182 e. The van der Waals surface area contributed by atoms with E-state index in [9.17, 15) is 20.4 Å². The highest BCUT2D eigenvalue weighted by atomic mass is 16.7. The first-order chi connectivity index (χ1) is 9.86. The van der Waals surface area contributed by atoms with Crippen LogP contribution in [-0.2, 0) is 14.2 Å². The first-order valence-electron chi connectivity index (χ1n) is 6.63. The zero-order valence-corrected chi connectivity index (χ0v) is 11.2. The molecule has 10 nitrogen and oxygen atoms in total. The van der Waals surface area contributed by atoms with E-state index in [1.807, 2.05) is 0 Å². The van der Waals surface area contributed by atoms with E-state index in [0.717, 1.165) is 0 Å². The Balaban J connectivity index is 1.90. The third-order valence-electron chi connectivity index (χ3n) is 3.78. The van der Waals surface area contributed by atoms with Gasteiger partial charge in [-0.3, -0.25) is 0 Å². The molecule has 0 bridgehead atoms. The summed E-state index contributed by atoms with van der Waals surface area (Å²) in [5.74, 6) is 0. The van der Waals surface area contributed by atoms with Gasteiger partial charge in [0.2, 0.25) is 0 Å². The van der Waals surface area contributed by atoms with Gasteiger partial charge in [0.1, 0.15) is 30.5 Å². The summed E-state index contributed by atoms with van der Waals surface area (Å²) in [6.07, 6.45) is -8.16. The molecule has 124 valence electrons. The molecule has 2 heterocycles. The molecule has 9 N–H and O–H groups in total. The van der Waals surface area contributed by atoms with Crippen molar-refractivity contribution in [3.05, 3.63) is 0 Å². The predicted molar refractivity (Wildman–Crippen MR) is 66.5 cm³/mol. The van der Waals surface area contributed by atoms with Crippen LogP contribution in [0, 0.1) is 0 Å². The minimum absolute atomic E-state index is 0.144. The van der Waals surface area contributed by atoms with Crippen LogP contribution in [0.3, 0.4) is 0 Å². The van der Waals surface area contributed by atoms with Crippen molar-refractivity contribution in [2.75, 3.05) is 13.2 Å². The van der Waals surface area contributed by atoms with Crippen LogP contribution in [0.1, 0.15) is 0 Å². The van der Waals surface area contributed by atoms with Gasteiger partial charge in [-0.1, -0.05) is 0 Å². The molecule has 2 rings (SSSR count). The first kappa shape index (κ1) is 17.0. The standard InChI is InChI=1S/C11H22N2O8/c12-5-4(20-10(18)9(5)17)2-19-11-6(13)8(16)7(15)3(1-14)21-11/h3-11,14-18H,1-2,12-13H2/t3-,4-,5+,6-,7-,8-,9-,10+,11?/m1/s1. The van der Waals surface area contributed by atoms with E-state index in [1.165, 1.54) is 0 Å². The fourth-order valence-corrected chi connectivity index (χ4v) is 2.35. The SMILES string of the molecule is N[C@@H]1[C@@H](O)[C@@H](O)O[C@@H]1COC1O[C@H](CO)[C@@H](O)[C@H](O)[C@H]1N. The van der Waals surface area contributed by atoms with Gasteiger partial charge in [0.15, 0.2) is 12.6 Å². The molecular weight excluding hydrogens is 288 g/mol. The molecule has 10 heteroatoms. The summed E-state index contributed by atoms with van der Waals surface area (Å²) in [5, 5.41) is 47.3. The quantitative estimate of drug-likeness (QED) is 0.266. The van der Waals surface area contributed by atoms with Crippen LogP contribution in [0.2, 0.25) is 0 Å². The molecule has 0 spiro atoms. The maximum atomic E-state index is 9.76. The first-order valence-corrected chi connectivity index (χ1v) is 6.63. The molecule has 0 amide bonds. The maximum absolute atomic E-state index is 9.76. The van der Waals surface area contributed by atoms with Gasteiger partial charge in [-0.05, 0) is 0 Å². The van der Waals surface area contributed by atoms with Crippen LogP contribution >= 0.6 is 0 Å². The minimum atomic E-state index is -1.40. The van der Waals surface area contributed by atoms with E-state index < -0.39 is 61.8 Å². The van der Waals surface area contributed by atoms with Gasteiger partial charge < -0.3 is 51.2 Å². The van der Waals surface area contributed by atoms with Crippen molar-refractivity contribution in [2.24, 2.45) is 11.5 Å². The van der Waals surface area contributed by atoms with Crippen LogP contribution in [0.25, 0.3) is 0 Å². The Hall–Kier alpha value is -0.400. The minimum Gasteiger partial charge on any atom is -0.394 e. The molecule has 2 aliphatic rings. The van der Waals surface area contributed by atoms with Gasteiger partial charge in [-0.2, -0.15) is 0 Å².